The Balaban J connectivity index is 0.000000292. The minimum Gasteiger partial charge on any atom is -0.434 e. The summed E-state index contributed by atoms with van der Waals surface area (Å²) in [7, 11) is 0. The van der Waals surface area contributed by atoms with Gasteiger partial charge in [0.2, 0.25) is 11.8 Å². The predicted octanol–water partition coefficient (Wildman–Crippen LogP) is 3.53. The first-order valence-electron chi connectivity index (χ1n) is 16.1. The molecule has 0 bridgehead atoms. The molecule has 2 saturated heterocycles. The van der Waals surface area contributed by atoms with E-state index >= 15 is 0 Å². The number of piperazine rings is 2. The Morgan fingerprint density at radius 2 is 1.08 bits per heavy atom. The summed E-state index contributed by atoms with van der Waals surface area (Å²) < 4.78 is 14.4. The minimum absolute atomic E-state index is 0.0747. The van der Waals surface area contributed by atoms with E-state index in [0.717, 1.165) is 71.9 Å². The summed E-state index contributed by atoms with van der Waals surface area (Å²) in [5, 5.41) is 29.4. The topological polar surface area (TPSA) is 215 Å². The molecule has 0 atom stereocenters. The lowest BCUT2D eigenvalue weighted by molar-refractivity contribution is -0.385. The van der Waals surface area contributed by atoms with Gasteiger partial charge < -0.3 is 29.1 Å². The number of carbonyl (C=O) groups excluding carboxylic acids is 4. The van der Waals surface area contributed by atoms with Crippen LogP contribution in [-0.4, -0.2) is 137 Å². The van der Waals surface area contributed by atoms with E-state index in [1.54, 1.807) is 13.8 Å². The lowest BCUT2D eigenvalue weighted by Crippen LogP contribution is -2.48. The average Bonchev–Trinajstić information content (AvgIpc) is 3.10. The van der Waals surface area contributed by atoms with Gasteiger partial charge in [-0.05, 0) is 37.1 Å². The summed E-state index contributed by atoms with van der Waals surface area (Å²) in [6.45, 7) is 12.0. The first kappa shape index (κ1) is 42.3. The molecule has 2 aromatic carbocycles. The second kappa shape index (κ2) is 22.7. The van der Waals surface area contributed by atoms with E-state index in [1.165, 1.54) is 48.5 Å². The summed E-state index contributed by atoms with van der Waals surface area (Å²) in [5.41, 5.74) is -1.13. The molecule has 51 heavy (non-hydrogen) atoms. The highest BCUT2D eigenvalue weighted by atomic mass is 35.5. The first-order valence-corrected chi connectivity index (χ1v) is 16.4. The number of amides is 2. The van der Waals surface area contributed by atoms with Crippen LogP contribution in [0.3, 0.4) is 0 Å². The van der Waals surface area contributed by atoms with Gasteiger partial charge in [0, 0.05) is 122 Å². The van der Waals surface area contributed by atoms with Crippen LogP contribution in [0.4, 0.5) is 21.0 Å². The molecule has 2 amide bonds. The number of non-ortho nitro benzene ring substituents is 2. The van der Waals surface area contributed by atoms with Gasteiger partial charge in [0.25, 0.3) is 11.4 Å². The Hall–Kier alpha value is -4.91. The fourth-order valence-corrected chi connectivity index (χ4v) is 4.89. The second-order valence-corrected chi connectivity index (χ2v) is 11.5. The third kappa shape index (κ3) is 17.0. The Kier molecular flexibility index (Phi) is 18.8. The Bertz CT molecular complexity index is 1430. The number of aliphatic hydroxyl groups is 1. The highest BCUT2D eigenvalue weighted by Gasteiger charge is 2.19. The standard InChI is InChI=1S/C16H21N3O6.C9H18N2O2.C7H4ClNO4/c1-13(20)18-10-8-17(9-11-18)7-2-12-24-16(21)25-15-5-3-14(4-6-15)19(22)23;1-9(13)11-6-4-10(5-7-11)3-2-8-12;8-7(10)13-6-3-1-5(2-4-6)9(11)12/h3-6H,2,7-12H2,1H3;12H,2-8H2,1H3;1-4H. The van der Waals surface area contributed by atoms with E-state index < -0.39 is 21.4 Å². The van der Waals surface area contributed by atoms with Crippen molar-refractivity contribution in [3.63, 3.8) is 0 Å². The number of hydrogen-bond donors (Lipinski definition) is 1. The molecule has 0 radical (unpaired) electrons. The number of nitrogens with zero attached hydrogens (tertiary/aromatic N) is 6. The molecule has 0 aromatic heterocycles. The fraction of sp³-hybridized carbons (Fsp3) is 0.500. The van der Waals surface area contributed by atoms with Gasteiger partial charge in [-0.2, -0.15) is 0 Å². The minimum atomic E-state index is -0.978. The van der Waals surface area contributed by atoms with Crippen molar-refractivity contribution in [2.45, 2.75) is 26.7 Å². The Labute approximate surface area is 299 Å². The summed E-state index contributed by atoms with van der Waals surface area (Å²) in [6, 6.07) is 10.2. The molecule has 2 aromatic rings. The lowest BCUT2D eigenvalue weighted by Gasteiger charge is -2.34. The van der Waals surface area contributed by atoms with Crippen LogP contribution in [0.2, 0.25) is 0 Å². The summed E-state index contributed by atoms with van der Waals surface area (Å²) in [6.07, 6.45) is 0.658. The number of rotatable bonds is 11. The maximum Gasteiger partial charge on any atom is 0.513 e. The summed E-state index contributed by atoms with van der Waals surface area (Å²) in [5.74, 6) is 0.625. The molecule has 2 fully saturated rings. The number of aliphatic hydroxyl groups excluding tert-OH is 1. The van der Waals surface area contributed by atoms with Gasteiger partial charge in [-0.15, -0.1) is 0 Å². The first-order chi connectivity index (χ1) is 24.3. The molecule has 19 heteroatoms. The molecule has 2 aliphatic heterocycles. The van der Waals surface area contributed by atoms with Crippen molar-refractivity contribution in [2.24, 2.45) is 0 Å². The third-order valence-electron chi connectivity index (χ3n) is 7.60. The normalized spacial score (nSPS) is 14.5. The SMILES string of the molecule is CC(=O)N1CCN(CCCO)CC1.CC(=O)N1CCN(CCCOC(=O)Oc2ccc([N+](=O)[O-])cc2)CC1.O=C(Cl)Oc1ccc([N+](=O)[O-])cc1. The number of hydrogen-bond acceptors (Lipinski definition) is 14. The van der Waals surface area contributed by atoms with E-state index in [1.807, 2.05) is 9.80 Å². The molecule has 0 spiro atoms. The molecular formula is C32H43ClN6O12. The third-order valence-corrected chi connectivity index (χ3v) is 7.68. The van der Waals surface area contributed by atoms with Crippen LogP contribution in [0.25, 0.3) is 0 Å². The van der Waals surface area contributed by atoms with Gasteiger partial charge >= 0.3 is 11.6 Å². The van der Waals surface area contributed by atoms with Crippen molar-refractivity contribution >= 4 is 46.4 Å². The van der Waals surface area contributed by atoms with Crippen LogP contribution in [0, 0.1) is 20.2 Å². The van der Waals surface area contributed by atoms with Crippen molar-refractivity contribution in [3.05, 3.63) is 68.8 Å². The summed E-state index contributed by atoms with van der Waals surface area (Å²) >= 11 is 4.92. The van der Waals surface area contributed by atoms with Gasteiger partial charge in [-0.1, -0.05) is 0 Å². The molecule has 0 unspecified atom stereocenters. The molecule has 4 rings (SSSR count). The van der Waals surface area contributed by atoms with Crippen molar-refractivity contribution < 1.29 is 48.3 Å². The maximum absolute atomic E-state index is 11.6. The van der Waals surface area contributed by atoms with Gasteiger partial charge in [0.05, 0.1) is 16.5 Å². The zero-order valence-corrected chi connectivity index (χ0v) is 29.3. The van der Waals surface area contributed by atoms with Crippen LogP contribution in [0.15, 0.2) is 48.5 Å². The van der Waals surface area contributed by atoms with E-state index in [9.17, 15) is 39.4 Å². The number of benzene rings is 2. The molecule has 0 saturated carbocycles. The van der Waals surface area contributed by atoms with E-state index in [0.29, 0.717) is 6.42 Å². The second-order valence-electron chi connectivity index (χ2n) is 11.2. The van der Waals surface area contributed by atoms with Crippen molar-refractivity contribution in [3.8, 4) is 11.5 Å². The van der Waals surface area contributed by atoms with E-state index in [4.69, 9.17) is 26.2 Å². The van der Waals surface area contributed by atoms with Crippen LogP contribution in [0.5, 0.6) is 11.5 Å². The molecule has 18 nitrogen and oxygen atoms in total. The molecule has 280 valence electrons. The zero-order chi connectivity index (χ0) is 37.8. The highest BCUT2D eigenvalue weighted by molar-refractivity contribution is 6.61. The average molecular weight is 739 g/mol. The van der Waals surface area contributed by atoms with Gasteiger partial charge in [0.1, 0.15) is 11.5 Å². The number of halogens is 1. The summed E-state index contributed by atoms with van der Waals surface area (Å²) in [4.78, 5) is 71.9. The molecule has 0 aliphatic carbocycles. The maximum atomic E-state index is 11.6. The van der Waals surface area contributed by atoms with Crippen LogP contribution in [0.1, 0.15) is 26.7 Å². The monoisotopic (exact) mass is 738 g/mol. The van der Waals surface area contributed by atoms with E-state index in [-0.39, 0.29) is 47.9 Å². The van der Waals surface area contributed by atoms with Crippen molar-refractivity contribution in [1.29, 1.82) is 0 Å². The van der Waals surface area contributed by atoms with Gasteiger partial charge in [-0.25, -0.2) is 9.59 Å². The fourth-order valence-electron chi connectivity index (χ4n) is 4.80. The zero-order valence-electron chi connectivity index (χ0n) is 28.5. The Morgan fingerprint density at radius 1 is 0.686 bits per heavy atom. The molecular weight excluding hydrogens is 696 g/mol. The van der Waals surface area contributed by atoms with Crippen LogP contribution < -0.4 is 9.47 Å². The van der Waals surface area contributed by atoms with Gasteiger partial charge in [-0.3, -0.25) is 39.6 Å². The lowest BCUT2D eigenvalue weighted by atomic mass is 10.3. The van der Waals surface area contributed by atoms with Gasteiger partial charge in [0.15, 0.2) is 0 Å². The quantitative estimate of drug-likeness (QED) is 0.0872. The van der Waals surface area contributed by atoms with Crippen LogP contribution >= 0.6 is 11.6 Å². The van der Waals surface area contributed by atoms with Crippen molar-refractivity contribution in [1.82, 2.24) is 19.6 Å². The Morgan fingerprint density at radius 3 is 1.43 bits per heavy atom. The number of carbonyl (C=O) groups is 4. The smallest absolute Gasteiger partial charge is 0.434 e. The van der Waals surface area contributed by atoms with Crippen LogP contribution in [-0.2, 0) is 14.3 Å². The largest absolute Gasteiger partial charge is 0.513 e. The molecule has 2 aliphatic rings. The van der Waals surface area contributed by atoms with E-state index in [2.05, 4.69) is 14.5 Å². The predicted molar refractivity (Wildman–Crippen MR) is 184 cm³/mol. The molecule has 2 heterocycles. The van der Waals surface area contributed by atoms with Crippen molar-refractivity contribution in [2.75, 3.05) is 78.7 Å². The number of nitro groups is 2. The molecule has 1 N–H and O–H groups in total. The number of ether oxygens (including phenoxy) is 3. The highest BCUT2D eigenvalue weighted by Crippen LogP contribution is 2.19. The number of nitro benzene ring substituents is 2.